The molecule has 116 valence electrons. The van der Waals surface area contributed by atoms with Crippen molar-refractivity contribution >= 4 is 23.6 Å². The van der Waals surface area contributed by atoms with Crippen LogP contribution in [-0.2, 0) is 9.59 Å². The van der Waals surface area contributed by atoms with Crippen molar-refractivity contribution in [3.05, 3.63) is 0 Å². The number of rotatable bonds is 6. The molecule has 1 aliphatic heterocycles. The second kappa shape index (κ2) is 6.83. The van der Waals surface area contributed by atoms with Gasteiger partial charge in [0.1, 0.15) is 11.6 Å². The van der Waals surface area contributed by atoms with Crippen molar-refractivity contribution < 1.29 is 9.59 Å². The molecule has 1 heterocycles. The Balaban J connectivity index is 3.02. The summed E-state index contributed by atoms with van der Waals surface area (Å²) in [5.41, 5.74) is -0.748. The normalized spacial score (nSPS) is 28.8. The number of carbonyl (C=O) groups is 2. The lowest BCUT2D eigenvalue weighted by molar-refractivity contribution is -0.156. The number of amides is 2. The number of carbonyl (C=O) groups excluding carboxylic acids is 2. The predicted molar refractivity (Wildman–Crippen MR) is 84.7 cm³/mol. The molecule has 3 unspecified atom stereocenters. The average Bonchev–Trinajstić information content (AvgIpc) is 2.35. The van der Waals surface area contributed by atoms with Gasteiger partial charge in [0.15, 0.2) is 0 Å². The molecule has 0 aromatic rings. The number of hydrogen-bond donors (Lipinski definition) is 1. The first-order chi connectivity index (χ1) is 9.26. The maximum atomic E-state index is 12.8. The molecule has 0 saturated carbocycles. The lowest BCUT2D eigenvalue weighted by Crippen LogP contribution is -2.70. The molecule has 0 bridgehead atoms. The Kier molecular flexibility index (Phi) is 5.92. The Labute approximate surface area is 127 Å². The monoisotopic (exact) mass is 300 g/mol. The highest BCUT2D eigenvalue weighted by Gasteiger charge is 2.47. The van der Waals surface area contributed by atoms with Crippen LogP contribution in [0.4, 0.5) is 0 Å². The van der Waals surface area contributed by atoms with E-state index in [9.17, 15) is 9.59 Å². The van der Waals surface area contributed by atoms with Crippen molar-refractivity contribution in [3.63, 3.8) is 0 Å². The molecule has 1 aliphatic rings. The average molecular weight is 300 g/mol. The summed E-state index contributed by atoms with van der Waals surface area (Å²) in [6, 6.07) is -0.341. The quantitative estimate of drug-likeness (QED) is 0.817. The van der Waals surface area contributed by atoms with Gasteiger partial charge in [-0.05, 0) is 37.2 Å². The highest BCUT2D eigenvalue weighted by Crippen LogP contribution is 2.26. The molecule has 3 atom stereocenters. The summed E-state index contributed by atoms with van der Waals surface area (Å²) in [7, 11) is 0. The van der Waals surface area contributed by atoms with Crippen LogP contribution in [0.25, 0.3) is 0 Å². The van der Waals surface area contributed by atoms with Gasteiger partial charge in [-0.25, -0.2) is 0 Å². The van der Waals surface area contributed by atoms with E-state index in [-0.39, 0.29) is 23.8 Å². The van der Waals surface area contributed by atoms with Gasteiger partial charge in [0, 0.05) is 6.54 Å². The molecular weight excluding hydrogens is 272 g/mol. The number of nitrogens with zero attached hydrogens (tertiary/aromatic N) is 1. The fourth-order valence-corrected chi connectivity index (χ4v) is 3.43. The lowest BCUT2D eigenvalue weighted by atomic mass is 9.88. The summed E-state index contributed by atoms with van der Waals surface area (Å²) in [5.74, 6) is 1.56. The third-order valence-electron chi connectivity index (χ3n) is 4.03. The zero-order valence-corrected chi connectivity index (χ0v) is 14.3. The Hall–Kier alpha value is -0.710. The van der Waals surface area contributed by atoms with Gasteiger partial charge in [-0.1, -0.05) is 27.7 Å². The third kappa shape index (κ3) is 3.48. The van der Waals surface area contributed by atoms with E-state index in [1.165, 1.54) is 0 Å². The van der Waals surface area contributed by atoms with Gasteiger partial charge in [-0.15, -0.1) is 0 Å². The molecule has 1 saturated heterocycles. The summed E-state index contributed by atoms with van der Waals surface area (Å²) in [4.78, 5) is 27.0. The number of nitrogens with one attached hydrogen (secondary N) is 1. The maximum absolute atomic E-state index is 12.8. The van der Waals surface area contributed by atoms with Crippen LogP contribution in [0.2, 0.25) is 0 Å². The number of thioether (sulfide) groups is 1. The summed E-state index contributed by atoms with van der Waals surface area (Å²) >= 11 is 1.78. The minimum absolute atomic E-state index is 0.0136. The van der Waals surface area contributed by atoms with Gasteiger partial charge in [0.2, 0.25) is 11.8 Å². The van der Waals surface area contributed by atoms with E-state index in [0.717, 1.165) is 5.75 Å². The standard InChI is InChI=1S/C15H28N2O2S/c1-7-15(5)14(19)17(8-11(4)9-20-6)12(10(2)3)13(18)16-15/h10-12H,7-9H2,1-6H3,(H,16,18). The molecule has 20 heavy (non-hydrogen) atoms. The fourth-order valence-electron chi connectivity index (χ4n) is 2.76. The first-order valence-corrected chi connectivity index (χ1v) is 8.78. The van der Waals surface area contributed by atoms with E-state index in [2.05, 4.69) is 18.5 Å². The minimum atomic E-state index is -0.748. The van der Waals surface area contributed by atoms with E-state index in [0.29, 0.717) is 18.9 Å². The molecule has 1 fully saturated rings. The van der Waals surface area contributed by atoms with Crippen molar-refractivity contribution in [2.24, 2.45) is 11.8 Å². The minimum Gasteiger partial charge on any atom is -0.340 e. The zero-order valence-electron chi connectivity index (χ0n) is 13.5. The summed E-state index contributed by atoms with van der Waals surface area (Å²) in [6.45, 7) is 10.6. The van der Waals surface area contributed by atoms with E-state index >= 15 is 0 Å². The van der Waals surface area contributed by atoms with Crippen molar-refractivity contribution in [1.82, 2.24) is 10.2 Å². The molecular formula is C15H28N2O2S. The molecule has 0 radical (unpaired) electrons. The van der Waals surface area contributed by atoms with Crippen LogP contribution in [0.15, 0.2) is 0 Å². The van der Waals surface area contributed by atoms with Gasteiger partial charge < -0.3 is 10.2 Å². The van der Waals surface area contributed by atoms with Crippen molar-refractivity contribution in [3.8, 4) is 0 Å². The van der Waals surface area contributed by atoms with Gasteiger partial charge in [0.05, 0.1) is 0 Å². The van der Waals surface area contributed by atoms with Crippen LogP contribution in [0.3, 0.4) is 0 Å². The topological polar surface area (TPSA) is 49.4 Å². The zero-order chi connectivity index (χ0) is 15.5. The fraction of sp³-hybridized carbons (Fsp3) is 0.867. The van der Waals surface area contributed by atoms with Gasteiger partial charge >= 0.3 is 0 Å². The van der Waals surface area contributed by atoms with Crippen LogP contribution in [-0.4, -0.2) is 46.8 Å². The number of hydrogen-bond acceptors (Lipinski definition) is 3. The molecule has 5 heteroatoms. The van der Waals surface area contributed by atoms with Crippen LogP contribution < -0.4 is 5.32 Å². The molecule has 0 aromatic carbocycles. The van der Waals surface area contributed by atoms with Crippen molar-refractivity contribution in [2.75, 3.05) is 18.6 Å². The van der Waals surface area contributed by atoms with Gasteiger partial charge in [0.25, 0.3) is 0 Å². The van der Waals surface area contributed by atoms with E-state index in [1.54, 1.807) is 11.8 Å². The Bertz CT molecular complexity index is 373. The maximum Gasteiger partial charge on any atom is 0.248 e. The van der Waals surface area contributed by atoms with Crippen molar-refractivity contribution in [2.45, 2.75) is 52.6 Å². The SMILES string of the molecule is CCC1(C)NC(=O)C(C(C)C)N(CC(C)CSC)C1=O. The van der Waals surface area contributed by atoms with Crippen LogP contribution in [0.1, 0.15) is 41.0 Å². The predicted octanol–water partition coefficient (Wildman–Crippen LogP) is 2.14. The Morgan fingerprint density at radius 2 is 1.95 bits per heavy atom. The lowest BCUT2D eigenvalue weighted by Gasteiger charge is -2.46. The third-order valence-corrected chi connectivity index (χ3v) is 4.94. The highest BCUT2D eigenvalue weighted by molar-refractivity contribution is 7.98. The van der Waals surface area contributed by atoms with Crippen LogP contribution in [0.5, 0.6) is 0 Å². The van der Waals surface area contributed by atoms with Gasteiger partial charge in [-0.2, -0.15) is 11.8 Å². The van der Waals surface area contributed by atoms with Crippen molar-refractivity contribution in [1.29, 1.82) is 0 Å². The first kappa shape index (κ1) is 17.3. The van der Waals surface area contributed by atoms with E-state index in [4.69, 9.17) is 0 Å². The highest BCUT2D eigenvalue weighted by atomic mass is 32.2. The summed E-state index contributed by atoms with van der Waals surface area (Å²) < 4.78 is 0. The second-order valence-corrected chi connectivity index (χ2v) is 7.29. The summed E-state index contributed by atoms with van der Waals surface area (Å²) in [5, 5.41) is 2.92. The van der Waals surface area contributed by atoms with E-state index < -0.39 is 5.54 Å². The molecule has 1 rings (SSSR count). The summed E-state index contributed by atoms with van der Waals surface area (Å²) in [6.07, 6.45) is 2.69. The van der Waals surface area contributed by atoms with Crippen LogP contribution in [0, 0.1) is 11.8 Å². The second-order valence-electron chi connectivity index (χ2n) is 6.38. The smallest absolute Gasteiger partial charge is 0.248 e. The molecule has 0 aromatic heterocycles. The molecule has 4 nitrogen and oxygen atoms in total. The Morgan fingerprint density at radius 1 is 1.35 bits per heavy atom. The van der Waals surface area contributed by atoms with E-state index in [1.807, 2.05) is 32.6 Å². The first-order valence-electron chi connectivity index (χ1n) is 7.38. The Morgan fingerprint density at radius 3 is 2.40 bits per heavy atom. The molecule has 0 spiro atoms. The largest absolute Gasteiger partial charge is 0.340 e. The number of piperazine rings is 1. The molecule has 1 N–H and O–H groups in total. The van der Waals surface area contributed by atoms with Crippen LogP contribution >= 0.6 is 11.8 Å². The molecule has 2 amide bonds. The molecule has 0 aliphatic carbocycles. The van der Waals surface area contributed by atoms with Gasteiger partial charge in [-0.3, -0.25) is 9.59 Å².